The molecule has 0 saturated heterocycles. The fraction of sp³-hybridized carbons (Fsp3) is 0.417. The Labute approximate surface area is 104 Å². The summed E-state index contributed by atoms with van der Waals surface area (Å²) in [5.74, 6) is -0.903. The predicted octanol–water partition coefficient (Wildman–Crippen LogP) is 2.26. The first-order chi connectivity index (χ1) is 8.59. The maximum absolute atomic E-state index is 11.2. The van der Waals surface area contributed by atoms with Crippen molar-refractivity contribution in [3.05, 3.63) is 34.4 Å². The summed E-state index contributed by atoms with van der Waals surface area (Å²) in [7, 11) is 0. The largest absolute Gasteiger partial charge is 0.480 e. The van der Waals surface area contributed by atoms with Crippen molar-refractivity contribution in [3.63, 3.8) is 0 Å². The van der Waals surface area contributed by atoms with E-state index in [1.54, 1.807) is 12.1 Å². The third-order valence-electron chi connectivity index (χ3n) is 3.30. The SMILES string of the molecule is O=C(O)C(Nc1ccccc1[N+](=O)[O-])C1CCC1. The van der Waals surface area contributed by atoms with E-state index in [4.69, 9.17) is 5.11 Å². The molecule has 0 amide bonds. The number of hydrogen-bond acceptors (Lipinski definition) is 4. The number of carboxylic acid groups (broad SMARTS) is 1. The van der Waals surface area contributed by atoms with Gasteiger partial charge in [-0.2, -0.15) is 0 Å². The van der Waals surface area contributed by atoms with Crippen molar-refractivity contribution in [3.8, 4) is 0 Å². The molecule has 96 valence electrons. The Morgan fingerprint density at radius 1 is 1.44 bits per heavy atom. The van der Waals surface area contributed by atoms with E-state index in [0.29, 0.717) is 0 Å². The van der Waals surface area contributed by atoms with Gasteiger partial charge in [0.05, 0.1) is 4.92 Å². The summed E-state index contributed by atoms with van der Waals surface area (Å²) in [5, 5.41) is 22.8. The van der Waals surface area contributed by atoms with E-state index in [2.05, 4.69) is 5.32 Å². The lowest BCUT2D eigenvalue weighted by molar-refractivity contribution is -0.384. The topological polar surface area (TPSA) is 92.5 Å². The summed E-state index contributed by atoms with van der Waals surface area (Å²) in [6.07, 6.45) is 2.72. The van der Waals surface area contributed by atoms with Gasteiger partial charge in [-0.3, -0.25) is 10.1 Å². The average Bonchev–Trinajstić information content (AvgIpc) is 2.26. The van der Waals surface area contributed by atoms with Crippen molar-refractivity contribution in [2.24, 2.45) is 5.92 Å². The molecule has 1 unspecified atom stereocenters. The van der Waals surface area contributed by atoms with Crippen molar-refractivity contribution in [1.82, 2.24) is 0 Å². The molecule has 1 aliphatic carbocycles. The van der Waals surface area contributed by atoms with Gasteiger partial charge in [0.25, 0.3) is 5.69 Å². The monoisotopic (exact) mass is 250 g/mol. The van der Waals surface area contributed by atoms with Gasteiger partial charge in [-0.15, -0.1) is 0 Å². The second kappa shape index (κ2) is 5.03. The summed E-state index contributed by atoms with van der Waals surface area (Å²) in [4.78, 5) is 21.5. The Morgan fingerprint density at radius 3 is 2.61 bits per heavy atom. The molecule has 1 aliphatic rings. The van der Waals surface area contributed by atoms with Crippen LogP contribution in [0, 0.1) is 16.0 Å². The van der Waals surface area contributed by atoms with Crippen LogP contribution < -0.4 is 5.32 Å². The second-order valence-corrected chi connectivity index (χ2v) is 4.43. The fourth-order valence-electron chi connectivity index (χ4n) is 2.08. The number of nitro groups is 1. The molecule has 0 bridgehead atoms. The molecular weight excluding hydrogens is 236 g/mol. The number of rotatable bonds is 5. The predicted molar refractivity (Wildman–Crippen MR) is 65.5 cm³/mol. The minimum atomic E-state index is -0.960. The third-order valence-corrected chi connectivity index (χ3v) is 3.30. The van der Waals surface area contributed by atoms with Gasteiger partial charge in [-0.1, -0.05) is 18.6 Å². The van der Waals surface area contributed by atoms with Gasteiger partial charge in [0, 0.05) is 6.07 Å². The highest BCUT2D eigenvalue weighted by atomic mass is 16.6. The van der Waals surface area contributed by atoms with Crippen molar-refractivity contribution in [2.75, 3.05) is 5.32 Å². The van der Waals surface area contributed by atoms with E-state index >= 15 is 0 Å². The highest BCUT2D eigenvalue weighted by molar-refractivity contribution is 5.79. The van der Waals surface area contributed by atoms with Crippen LogP contribution in [0.15, 0.2) is 24.3 Å². The van der Waals surface area contributed by atoms with E-state index in [1.165, 1.54) is 12.1 Å². The minimum absolute atomic E-state index is 0.0577. The van der Waals surface area contributed by atoms with Crippen LogP contribution in [0.3, 0.4) is 0 Å². The standard InChI is InChI=1S/C12H14N2O4/c15-12(16)11(8-4-3-5-8)13-9-6-1-2-7-10(9)14(17)18/h1-2,6-8,11,13H,3-5H2,(H,15,16). The van der Waals surface area contributed by atoms with E-state index < -0.39 is 16.9 Å². The van der Waals surface area contributed by atoms with Crippen LogP contribution in [0.5, 0.6) is 0 Å². The van der Waals surface area contributed by atoms with E-state index in [-0.39, 0.29) is 17.3 Å². The Hall–Kier alpha value is -2.11. The molecule has 0 radical (unpaired) electrons. The zero-order valence-electron chi connectivity index (χ0n) is 9.70. The zero-order chi connectivity index (χ0) is 13.1. The molecule has 2 rings (SSSR count). The highest BCUT2D eigenvalue weighted by Crippen LogP contribution is 2.33. The number of hydrogen-bond donors (Lipinski definition) is 2. The molecule has 1 aromatic rings. The molecule has 0 aromatic heterocycles. The summed E-state index contributed by atoms with van der Waals surface area (Å²) < 4.78 is 0. The number of para-hydroxylation sites is 2. The molecule has 0 spiro atoms. The Morgan fingerprint density at radius 2 is 2.11 bits per heavy atom. The Bertz CT molecular complexity index is 471. The van der Waals surface area contributed by atoms with Crippen LogP contribution in [0.1, 0.15) is 19.3 Å². The van der Waals surface area contributed by atoms with E-state index in [1.807, 2.05) is 0 Å². The summed E-state index contributed by atoms with van der Waals surface area (Å²) >= 11 is 0. The number of nitro benzene ring substituents is 1. The first-order valence-corrected chi connectivity index (χ1v) is 5.82. The van der Waals surface area contributed by atoms with Crippen LogP contribution in [0.4, 0.5) is 11.4 Å². The molecule has 1 fully saturated rings. The number of benzene rings is 1. The first-order valence-electron chi connectivity index (χ1n) is 5.82. The summed E-state index contributed by atoms with van der Waals surface area (Å²) in [6.45, 7) is 0. The number of nitrogens with one attached hydrogen (secondary N) is 1. The van der Waals surface area contributed by atoms with Gasteiger partial charge in [-0.25, -0.2) is 4.79 Å². The van der Waals surface area contributed by atoms with Gasteiger partial charge >= 0.3 is 5.97 Å². The molecule has 1 saturated carbocycles. The molecule has 1 aromatic carbocycles. The lowest BCUT2D eigenvalue weighted by Gasteiger charge is -2.31. The van der Waals surface area contributed by atoms with Crippen molar-refractivity contribution in [2.45, 2.75) is 25.3 Å². The number of anilines is 1. The van der Waals surface area contributed by atoms with Gasteiger partial charge < -0.3 is 10.4 Å². The van der Waals surface area contributed by atoms with E-state index in [0.717, 1.165) is 19.3 Å². The molecule has 0 heterocycles. The average molecular weight is 250 g/mol. The quantitative estimate of drug-likeness (QED) is 0.617. The third kappa shape index (κ3) is 2.42. The fourth-order valence-corrected chi connectivity index (χ4v) is 2.08. The Balaban J connectivity index is 2.20. The second-order valence-electron chi connectivity index (χ2n) is 4.43. The molecule has 0 aliphatic heterocycles. The molecule has 1 atom stereocenters. The number of carboxylic acids is 1. The van der Waals surface area contributed by atoms with Crippen molar-refractivity contribution < 1.29 is 14.8 Å². The van der Waals surface area contributed by atoms with Gasteiger partial charge in [-0.05, 0) is 24.8 Å². The molecule has 2 N–H and O–H groups in total. The van der Waals surface area contributed by atoms with Crippen molar-refractivity contribution >= 4 is 17.3 Å². The van der Waals surface area contributed by atoms with Gasteiger partial charge in [0.15, 0.2) is 0 Å². The normalized spacial score (nSPS) is 16.7. The van der Waals surface area contributed by atoms with Crippen molar-refractivity contribution in [1.29, 1.82) is 0 Å². The van der Waals surface area contributed by atoms with E-state index in [9.17, 15) is 14.9 Å². The lowest BCUT2D eigenvalue weighted by atomic mass is 9.79. The van der Waals surface area contributed by atoms with Gasteiger partial charge in [0.1, 0.15) is 11.7 Å². The summed E-state index contributed by atoms with van der Waals surface area (Å²) in [6, 6.07) is 5.35. The number of aliphatic carboxylic acids is 1. The smallest absolute Gasteiger partial charge is 0.326 e. The summed E-state index contributed by atoms with van der Waals surface area (Å²) in [5.41, 5.74) is 0.171. The van der Waals surface area contributed by atoms with Crippen LogP contribution in [-0.2, 0) is 4.79 Å². The van der Waals surface area contributed by atoms with Crippen LogP contribution in [0.2, 0.25) is 0 Å². The zero-order valence-corrected chi connectivity index (χ0v) is 9.70. The van der Waals surface area contributed by atoms with Gasteiger partial charge in [0.2, 0.25) is 0 Å². The van der Waals surface area contributed by atoms with Crippen LogP contribution >= 0.6 is 0 Å². The minimum Gasteiger partial charge on any atom is -0.480 e. The molecule has 6 heteroatoms. The maximum Gasteiger partial charge on any atom is 0.326 e. The van der Waals surface area contributed by atoms with Crippen LogP contribution in [-0.4, -0.2) is 22.0 Å². The highest BCUT2D eigenvalue weighted by Gasteiger charge is 2.33. The first kappa shape index (κ1) is 12.3. The molecule has 18 heavy (non-hydrogen) atoms. The number of carbonyl (C=O) groups is 1. The van der Waals surface area contributed by atoms with Crippen LogP contribution in [0.25, 0.3) is 0 Å². The molecule has 6 nitrogen and oxygen atoms in total. The molecular formula is C12H14N2O4. The maximum atomic E-state index is 11.2. The number of nitrogens with zero attached hydrogens (tertiary/aromatic N) is 1. The lowest BCUT2D eigenvalue weighted by Crippen LogP contribution is -2.40. The Kier molecular flexibility index (Phi) is 3.45.